The molecule has 6 nitrogen and oxygen atoms in total. The molecule has 0 bridgehead atoms. The Balaban J connectivity index is 1.49. The molecule has 1 aromatic carbocycles. The van der Waals surface area contributed by atoms with Crippen LogP contribution in [0.2, 0.25) is 0 Å². The second kappa shape index (κ2) is 10.0. The fourth-order valence-electron chi connectivity index (χ4n) is 4.62. The molecule has 1 aromatic rings. The molecule has 29 heavy (non-hydrogen) atoms. The van der Waals surface area contributed by atoms with E-state index in [4.69, 9.17) is 0 Å². The molecule has 1 saturated heterocycles. The van der Waals surface area contributed by atoms with Gasteiger partial charge in [0.25, 0.3) is 5.91 Å². The van der Waals surface area contributed by atoms with Crippen LogP contribution in [0.1, 0.15) is 62.7 Å². The summed E-state index contributed by atoms with van der Waals surface area (Å²) in [6, 6.07) is 7.06. The topological polar surface area (TPSA) is 69.7 Å². The summed E-state index contributed by atoms with van der Waals surface area (Å²) in [5.41, 5.74) is 0.506. The van der Waals surface area contributed by atoms with Gasteiger partial charge in [-0.3, -0.25) is 4.79 Å². The molecule has 1 N–H and O–H groups in total. The normalized spacial score (nSPS) is 19.7. The number of piperidine rings is 1. The molecule has 2 aliphatic rings. The van der Waals surface area contributed by atoms with Crippen LogP contribution in [0, 0.1) is 5.92 Å². The Labute approximate surface area is 175 Å². The molecular formula is C22H35N3O3S. The number of benzene rings is 1. The SMILES string of the molecule is CCN(CC)S(=O)(=O)c1ccc(C(=O)NCC2CCN(C3CCCC3)CC2)cc1. The van der Waals surface area contributed by atoms with Crippen LogP contribution in [0.15, 0.2) is 29.2 Å². The van der Waals surface area contributed by atoms with Crippen LogP contribution in [0.25, 0.3) is 0 Å². The van der Waals surface area contributed by atoms with Crippen LogP contribution < -0.4 is 5.32 Å². The Hall–Kier alpha value is -1.44. The molecule has 7 heteroatoms. The minimum absolute atomic E-state index is 0.130. The molecule has 0 unspecified atom stereocenters. The molecule has 1 saturated carbocycles. The molecule has 1 amide bonds. The van der Waals surface area contributed by atoms with Crippen molar-refractivity contribution in [2.45, 2.75) is 63.3 Å². The number of rotatable bonds is 8. The molecular weight excluding hydrogens is 386 g/mol. The summed E-state index contributed by atoms with van der Waals surface area (Å²) in [5, 5.41) is 3.04. The summed E-state index contributed by atoms with van der Waals surface area (Å²) in [4.78, 5) is 15.4. The Morgan fingerprint density at radius 2 is 1.62 bits per heavy atom. The van der Waals surface area contributed by atoms with Gasteiger partial charge in [0.15, 0.2) is 0 Å². The summed E-state index contributed by atoms with van der Waals surface area (Å²) in [6.07, 6.45) is 7.71. The molecule has 162 valence electrons. The third-order valence-corrected chi connectivity index (χ3v) is 8.57. The fraction of sp³-hybridized carbons (Fsp3) is 0.682. The maximum atomic E-state index is 12.6. The summed E-state index contributed by atoms with van der Waals surface area (Å²) >= 11 is 0. The van der Waals surface area contributed by atoms with Gasteiger partial charge < -0.3 is 10.2 Å². The van der Waals surface area contributed by atoms with Crippen molar-refractivity contribution < 1.29 is 13.2 Å². The van der Waals surface area contributed by atoms with Crippen molar-refractivity contribution in [1.82, 2.24) is 14.5 Å². The number of carbonyl (C=O) groups is 1. The minimum Gasteiger partial charge on any atom is -0.352 e. The smallest absolute Gasteiger partial charge is 0.251 e. The number of hydrogen-bond acceptors (Lipinski definition) is 4. The number of amides is 1. The number of nitrogens with one attached hydrogen (secondary N) is 1. The Morgan fingerprint density at radius 3 is 2.17 bits per heavy atom. The third-order valence-electron chi connectivity index (χ3n) is 6.50. The van der Waals surface area contributed by atoms with Crippen LogP contribution in [0.3, 0.4) is 0 Å². The Bertz CT molecular complexity index is 761. The molecule has 0 spiro atoms. The highest BCUT2D eigenvalue weighted by Gasteiger charge is 2.27. The first-order valence-electron chi connectivity index (χ1n) is 11.1. The van der Waals surface area contributed by atoms with E-state index in [1.165, 1.54) is 42.1 Å². The van der Waals surface area contributed by atoms with E-state index in [0.717, 1.165) is 32.0 Å². The maximum absolute atomic E-state index is 12.6. The van der Waals surface area contributed by atoms with Gasteiger partial charge in [0, 0.05) is 31.2 Å². The van der Waals surface area contributed by atoms with Gasteiger partial charge in [-0.2, -0.15) is 4.31 Å². The van der Waals surface area contributed by atoms with Gasteiger partial charge in [-0.15, -0.1) is 0 Å². The highest BCUT2D eigenvalue weighted by molar-refractivity contribution is 7.89. The molecule has 1 aliphatic heterocycles. The van der Waals surface area contributed by atoms with Crippen molar-refractivity contribution in [3.8, 4) is 0 Å². The van der Waals surface area contributed by atoms with Gasteiger partial charge >= 0.3 is 0 Å². The average molecular weight is 422 g/mol. The number of sulfonamides is 1. The predicted octanol–water partition coefficient (Wildman–Crippen LogP) is 3.10. The third kappa shape index (κ3) is 5.38. The van der Waals surface area contributed by atoms with Crippen molar-refractivity contribution >= 4 is 15.9 Å². The van der Waals surface area contributed by atoms with Crippen LogP contribution in [-0.2, 0) is 10.0 Å². The summed E-state index contributed by atoms with van der Waals surface area (Å²) in [6.45, 7) is 7.48. The van der Waals surface area contributed by atoms with E-state index in [1.54, 1.807) is 12.1 Å². The van der Waals surface area contributed by atoms with Gasteiger partial charge in [-0.05, 0) is 69.0 Å². The van der Waals surface area contributed by atoms with E-state index >= 15 is 0 Å². The van der Waals surface area contributed by atoms with E-state index in [0.29, 0.717) is 31.1 Å². The van der Waals surface area contributed by atoms with Crippen molar-refractivity contribution in [3.63, 3.8) is 0 Å². The molecule has 1 heterocycles. The minimum atomic E-state index is -3.49. The van der Waals surface area contributed by atoms with Crippen molar-refractivity contribution in [1.29, 1.82) is 0 Å². The standard InChI is InChI=1S/C22H35N3O3S/c1-3-25(4-2)29(27,28)21-11-9-19(10-12-21)22(26)23-17-18-13-15-24(16-14-18)20-7-5-6-8-20/h9-12,18,20H,3-8,13-17H2,1-2H3,(H,23,26). The molecule has 0 atom stereocenters. The van der Waals surface area contributed by atoms with Crippen molar-refractivity contribution in [3.05, 3.63) is 29.8 Å². The lowest BCUT2D eigenvalue weighted by molar-refractivity contribution is 0.0924. The molecule has 1 aliphatic carbocycles. The Kier molecular flexibility index (Phi) is 7.71. The maximum Gasteiger partial charge on any atom is 0.251 e. The van der Waals surface area contributed by atoms with Crippen LogP contribution in [0.5, 0.6) is 0 Å². The van der Waals surface area contributed by atoms with Crippen molar-refractivity contribution in [2.24, 2.45) is 5.92 Å². The predicted molar refractivity (Wildman–Crippen MR) is 115 cm³/mol. The lowest BCUT2D eigenvalue weighted by Gasteiger charge is -2.36. The first-order valence-corrected chi connectivity index (χ1v) is 12.5. The quantitative estimate of drug-likeness (QED) is 0.700. The summed E-state index contributed by atoms with van der Waals surface area (Å²) in [5.74, 6) is 0.397. The second-order valence-corrected chi connectivity index (χ2v) is 10.2. The van der Waals surface area contributed by atoms with Crippen LogP contribution >= 0.6 is 0 Å². The van der Waals surface area contributed by atoms with Crippen molar-refractivity contribution in [2.75, 3.05) is 32.7 Å². The van der Waals surface area contributed by atoms with Gasteiger partial charge in [0.1, 0.15) is 0 Å². The zero-order valence-corrected chi connectivity index (χ0v) is 18.6. The molecule has 0 aromatic heterocycles. The largest absolute Gasteiger partial charge is 0.352 e. The van der Waals surface area contributed by atoms with E-state index in [2.05, 4.69) is 10.2 Å². The number of nitrogens with zero attached hydrogens (tertiary/aromatic N) is 2. The van der Waals surface area contributed by atoms with E-state index in [1.807, 2.05) is 13.8 Å². The number of likely N-dealkylation sites (tertiary alicyclic amines) is 1. The lowest BCUT2D eigenvalue weighted by atomic mass is 9.95. The van der Waals surface area contributed by atoms with Gasteiger partial charge in [-0.1, -0.05) is 26.7 Å². The van der Waals surface area contributed by atoms with Crippen LogP contribution in [-0.4, -0.2) is 62.3 Å². The first kappa shape index (κ1) is 22.2. The van der Waals surface area contributed by atoms with Gasteiger partial charge in [-0.25, -0.2) is 8.42 Å². The number of hydrogen-bond donors (Lipinski definition) is 1. The molecule has 0 radical (unpaired) electrons. The lowest BCUT2D eigenvalue weighted by Crippen LogP contribution is -2.42. The average Bonchev–Trinajstić information content (AvgIpc) is 3.28. The zero-order chi connectivity index (χ0) is 20.9. The van der Waals surface area contributed by atoms with Gasteiger partial charge in [0.05, 0.1) is 4.90 Å². The Morgan fingerprint density at radius 1 is 1.03 bits per heavy atom. The summed E-state index contributed by atoms with van der Waals surface area (Å²) < 4.78 is 26.5. The second-order valence-electron chi connectivity index (χ2n) is 8.24. The summed E-state index contributed by atoms with van der Waals surface area (Å²) in [7, 11) is -3.49. The number of carbonyl (C=O) groups excluding carboxylic acids is 1. The highest BCUT2D eigenvalue weighted by atomic mass is 32.2. The van der Waals surface area contributed by atoms with Crippen LogP contribution in [0.4, 0.5) is 0 Å². The molecule has 2 fully saturated rings. The van der Waals surface area contributed by atoms with E-state index in [9.17, 15) is 13.2 Å². The monoisotopic (exact) mass is 421 g/mol. The van der Waals surface area contributed by atoms with E-state index < -0.39 is 10.0 Å². The first-order chi connectivity index (χ1) is 14.0. The van der Waals surface area contributed by atoms with Gasteiger partial charge in [0.2, 0.25) is 10.0 Å². The molecule has 3 rings (SSSR count). The zero-order valence-electron chi connectivity index (χ0n) is 17.8. The van der Waals surface area contributed by atoms with E-state index in [-0.39, 0.29) is 10.8 Å². The fourth-order valence-corrected chi connectivity index (χ4v) is 6.08. The highest BCUT2D eigenvalue weighted by Crippen LogP contribution is 2.27.